The maximum atomic E-state index is 12.3. The molecule has 1 aliphatic rings. The summed E-state index contributed by atoms with van der Waals surface area (Å²) >= 11 is 0. The Morgan fingerprint density at radius 2 is 2.33 bits per heavy atom. The van der Waals surface area contributed by atoms with Crippen molar-refractivity contribution in [3.8, 4) is 0 Å². The van der Waals surface area contributed by atoms with E-state index in [0.29, 0.717) is 5.92 Å². The number of hydrogen-bond acceptors (Lipinski definition) is 4. The van der Waals surface area contributed by atoms with Crippen molar-refractivity contribution < 1.29 is 9.53 Å². The number of nitrogens with one attached hydrogen (secondary N) is 1. The van der Waals surface area contributed by atoms with Crippen LogP contribution in [0.25, 0.3) is 0 Å². The zero-order valence-electron chi connectivity index (χ0n) is 13.6. The lowest BCUT2D eigenvalue weighted by Gasteiger charge is -2.33. The molecule has 1 aromatic heterocycles. The monoisotopic (exact) mass is 293 g/mol. The molecule has 5 nitrogen and oxygen atoms in total. The third-order valence-corrected chi connectivity index (χ3v) is 4.66. The molecule has 0 amide bonds. The maximum absolute atomic E-state index is 12.3. The van der Waals surface area contributed by atoms with Crippen molar-refractivity contribution in [2.24, 2.45) is 5.92 Å². The fourth-order valence-electron chi connectivity index (χ4n) is 3.72. The lowest BCUT2D eigenvalue weighted by atomic mass is 9.84. The smallest absolute Gasteiger partial charge is 0.326 e. The standard InChI is InChI=1S/C16H27N3O2/c1-5-17-16(15(20)21-4)9-6-7-14(16)8-10-19-13(3)11-12(2)18-19/h11,14,17H,5-10H2,1-4H3. The minimum absolute atomic E-state index is 0.111. The van der Waals surface area contributed by atoms with E-state index in [9.17, 15) is 4.79 Å². The lowest BCUT2D eigenvalue weighted by molar-refractivity contribution is -0.150. The number of carbonyl (C=O) groups is 1. The number of aromatic nitrogens is 2. The number of carbonyl (C=O) groups excluding carboxylic acids is 1. The second-order valence-electron chi connectivity index (χ2n) is 6.02. The van der Waals surface area contributed by atoms with Crippen LogP contribution in [0.1, 0.15) is 44.0 Å². The van der Waals surface area contributed by atoms with Gasteiger partial charge in [0.2, 0.25) is 0 Å². The first-order valence-corrected chi connectivity index (χ1v) is 7.88. The molecule has 2 atom stereocenters. The van der Waals surface area contributed by atoms with Gasteiger partial charge in [0.1, 0.15) is 5.54 Å². The van der Waals surface area contributed by atoms with Crippen molar-refractivity contribution in [3.63, 3.8) is 0 Å². The number of methoxy groups -OCH3 is 1. The Morgan fingerprint density at radius 3 is 2.90 bits per heavy atom. The van der Waals surface area contributed by atoms with E-state index in [1.54, 1.807) is 0 Å². The first kappa shape index (κ1) is 16.0. The van der Waals surface area contributed by atoms with Gasteiger partial charge < -0.3 is 10.1 Å². The molecule has 0 radical (unpaired) electrons. The quantitative estimate of drug-likeness (QED) is 0.817. The molecule has 21 heavy (non-hydrogen) atoms. The largest absolute Gasteiger partial charge is 0.468 e. The van der Waals surface area contributed by atoms with Crippen LogP contribution in [0, 0.1) is 19.8 Å². The number of likely N-dealkylation sites (N-methyl/N-ethyl adjacent to an activating group) is 1. The minimum atomic E-state index is -0.500. The summed E-state index contributed by atoms with van der Waals surface area (Å²) in [5.74, 6) is 0.203. The van der Waals surface area contributed by atoms with Gasteiger partial charge in [0.05, 0.1) is 12.8 Å². The topological polar surface area (TPSA) is 56.1 Å². The van der Waals surface area contributed by atoms with Crippen LogP contribution in [0.5, 0.6) is 0 Å². The van der Waals surface area contributed by atoms with Crippen LogP contribution in [0.15, 0.2) is 6.07 Å². The van der Waals surface area contributed by atoms with Crippen LogP contribution in [0.4, 0.5) is 0 Å². The van der Waals surface area contributed by atoms with Gasteiger partial charge in [0.15, 0.2) is 0 Å². The van der Waals surface area contributed by atoms with Gasteiger partial charge in [-0.3, -0.25) is 9.48 Å². The van der Waals surface area contributed by atoms with Gasteiger partial charge in [0, 0.05) is 12.2 Å². The Labute approximate surface area is 127 Å². The van der Waals surface area contributed by atoms with Gasteiger partial charge in [-0.05, 0) is 51.6 Å². The van der Waals surface area contributed by atoms with E-state index in [2.05, 4.69) is 23.4 Å². The normalized spacial score (nSPS) is 25.2. The number of nitrogens with zero attached hydrogens (tertiary/aromatic N) is 2. The van der Waals surface area contributed by atoms with Crippen LogP contribution < -0.4 is 5.32 Å². The molecular formula is C16H27N3O2. The zero-order valence-corrected chi connectivity index (χ0v) is 13.6. The van der Waals surface area contributed by atoms with Crippen molar-refractivity contribution in [1.29, 1.82) is 0 Å². The molecule has 0 saturated heterocycles. The fourth-order valence-corrected chi connectivity index (χ4v) is 3.72. The van der Waals surface area contributed by atoms with E-state index in [1.165, 1.54) is 12.8 Å². The number of hydrogen-bond donors (Lipinski definition) is 1. The molecule has 0 aromatic carbocycles. The van der Waals surface area contributed by atoms with Crippen molar-refractivity contribution in [2.75, 3.05) is 13.7 Å². The molecule has 2 rings (SSSR count). The molecule has 1 saturated carbocycles. The Hall–Kier alpha value is -1.36. The van der Waals surface area contributed by atoms with Crippen molar-refractivity contribution >= 4 is 5.97 Å². The van der Waals surface area contributed by atoms with Crippen LogP contribution in [0.3, 0.4) is 0 Å². The summed E-state index contributed by atoms with van der Waals surface area (Å²) in [6.45, 7) is 7.77. The highest BCUT2D eigenvalue weighted by Gasteiger charge is 2.48. The zero-order chi connectivity index (χ0) is 15.5. The van der Waals surface area contributed by atoms with Crippen LogP contribution >= 0.6 is 0 Å². The lowest BCUT2D eigenvalue weighted by Crippen LogP contribution is -2.55. The van der Waals surface area contributed by atoms with Crippen molar-refractivity contribution in [1.82, 2.24) is 15.1 Å². The summed E-state index contributed by atoms with van der Waals surface area (Å²) in [5.41, 5.74) is 1.72. The number of ether oxygens (including phenoxy) is 1. The molecular weight excluding hydrogens is 266 g/mol. The van der Waals surface area contributed by atoms with E-state index < -0.39 is 5.54 Å². The van der Waals surface area contributed by atoms with Crippen LogP contribution in [-0.4, -0.2) is 34.9 Å². The predicted octanol–water partition coefficient (Wildman–Crippen LogP) is 2.21. The third kappa shape index (κ3) is 3.12. The molecule has 1 N–H and O–H groups in total. The molecule has 0 spiro atoms. The number of aryl methyl sites for hydroxylation is 3. The Bertz CT molecular complexity index is 498. The highest BCUT2D eigenvalue weighted by molar-refractivity contribution is 5.81. The van der Waals surface area contributed by atoms with E-state index in [4.69, 9.17) is 4.74 Å². The highest BCUT2D eigenvalue weighted by Crippen LogP contribution is 2.39. The first-order chi connectivity index (χ1) is 10.0. The van der Waals surface area contributed by atoms with Gasteiger partial charge in [-0.25, -0.2) is 0 Å². The Morgan fingerprint density at radius 1 is 1.57 bits per heavy atom. The molecule has 0 aliphatic heterocycles. The van der Waals surface area contributed by atoms with Gasteiger partial charge in [-0.2, -0.15) is 5.10 Å². The third-order valence-electron chi connectivity index (χ3n) is 4.66. The average molecular weight is 293 g/mol. The van der Waals surface area contributed by atoms with Gasteiger partial charge in [0.25, 0.3) is 0 Å². The molecule has 1 aromatic rings. The van der Waals surface area contributed by atoms with E-state index in [-0.39, 0.29) is 5.97 Å². The molecule has 0 bridgehead atoms. The summed E-state index contributed by atoms with van der Waals surface area (Å²) in [5, 5.41) is 7.92. The van der Waals surface area contributed by atoms with Crippen molar-refractivity contribution in [3.05, 3.63) is 17.5 Å². The van der Waals surface area contributed by atoms with Crippen molar-refractivity contribution in [2.45, 2.75) is 58.5 Å². The SMILES string of the molecule is CCNC1(C(=O)OC)CCCC1CCn1nc(C)cc1C. The highest BCUT2D eigenvalue weighted by atomic mass is 16.5. The van der Waals surface area contributed by atoms with E-state index in [1.807, 2.05) is 18.5 Å². The van der Waals surface area contributed by atoms with E-state index in [0.717, 1.165) is 44.5 Å². The Kier molecular flexibility index (Phi) is 5.04. The second kappa shape index (κ2) is 6.60. The second-order valence-corrected chi connectivity index (χ2v) is 6.02. The molecule has 1 heterocycles. The summed E-state index contributed by atoms with van der Waals surface area (Å²) in [6, 6.07) is 2.09. The van der Waals surface area contributed by atoms with E-state index >= 15 is 0 Å². The summed E-state index contributed by atoms with van der Waals surface area (Å²) in [4.78, 5) is 12.3. The van der Waals surface area contributed by atoms with Gasteiger partial charge >= 0.3 is 5.97 Å². The molecule has 1 aliphatic carbocycles. The summed E-state index contributed by atoms with van der Waals surface area (Å²) in [7, 11) is 1.48. The minimum Gasteiger partial charge on any atom is -0.468 e. The average Bonchev–Trinajstić information content (AvgIpc) is 3.00. The summed E-state index contributed by atoms with van der Waals surface area (Å²) in [6.07, 6.45) is 3.96. The molecule has 2 unspecified atom stereocenters. The predicted molar refractivity (Wildman–Crippen MR) is 82.1 cm³/mol. The summed E-state index contributed by atoms with van der Waals surface area (Å²) < 4.78 is 7.12. The number of rotatable bonds is 6. The number of esters is 1. The van der Waals surface area contributed by atoms with Crippen LogP contribution in [0.2, 0.25) is 0 Å². The molecule has 5 heteroatoms. The first-order valence-electron chi connectivity index (χ1n) is 7.88. The van der Waals surface area contributed by atoms with Crippen LogP contribution in [-0.2, 0) is 16.1 Å². The Balaban J connectivity index is 2.10. The molecule has 1 fully saturated rings. The maximum Gasteiger partial charge on any atom is 0.326 e. The van der Waals surface area contributed by atoms with Gasteiger partial charge in [-0.1, -0.05) is 13.3 Å². The fraction of sp³-hybridized carbons (Fsp3) is 0.750. The van der Waals surface area contributed by atoms with Gasteiger partial charge in [-0.15, -0.1) is 0 Å². The molecule has 118 valence electrons.